The van der Waals surface area contributed by atoms with Crippen LogP contribution in [0.1, 0.15) is 92.9 Å². The highest BCUT2D eigenvalue weighted by Crippen LogP contribution is 2.19. The van der Waals surface area contributed by atoms with Crippen molar-refractivity contribution in [2.24, 2.45) is 0 Å². The number of aryl methyl sites for hydroxylation is 3. The normalized spacial score (nSPS) is 11.2. The van der Waals surface area contributed by atoms with E-state index in [9.17, 15) is 4.79 Å². The molecule has 1 aromatic heterocycles. The molecule has 33 heavy (non-hydrogen) atoms. The summed E-state index contributed by atoms with van der Waals surface area (Å²) in [6.45, 7) is 6.04. The van der Waals surface area contributed by atoms with Crippen LogP contribution in [0.2, 0.25) is 0 Å². The Balaban J connectivity index is 1.42. The van der Waals surface area contributed by atoms with E-state index in [1.165, 1.54) is 56.3 Å². The van der Waals surface area contributed by atoms with Crippen LogP contribution in [-0.2, 0) is 13.0 Å². The van der Waals surface area contributed by atoms with Gasteiger partial charge in [0.05, 0.1) is 11.0 Å². The van der Waals surface area contributed by atoms with Crippen molar-refractivity contribution in [1.82, 2.24) is 14.9 Å². The summed E-state index contributed by atoms with van der Waals surface area (Å²) in [5.41, 5.74) is 4.18. The fourth-order valence-electron chi connectivity index (χ4n) is 4.50. The summed E-state index contributed by atoms with van der Waals surface area (Å²) < 4.78 is 2.45. The van der Waals surface area contributed by atoms with Gasteiger partial charge in [0, 0.05) is 25.1 Å². The first-order valence-corrected chi connectivity index (χ1v) is 13.0. The van der Waals surface area contributed by atoms with Gasteiger partial charge >= 0.3 is 0 Å². The molecule has 3 aromatic rings. The minimum Gasteiger partial charge on any atom is -0.352 e. The average molecular weight is 448 g/mol. The molecule has 0 radical (unpaired) electrons. The highest BCUT2D eigenvalue weighted by molar-refractivity contribution is 5.95. The molecule has 2 aromatic carbocycles. The lowest BCUT2D eigenvalue weighted by Gasteiger charge is -2.10. The number of amides is 1. The van der Waals surface area contributed by atoms with Crippen molar-refractivity contribution in [1.29, 1.82) is 0 Å². The number of fused-ring (bicyclic) bond motifs is 1. The van der Waals surface area contributed by atoms with Crippen LogP contribution in [0, 0.1) is 6.92 Å². The average Bonchev–Trinajstić information content (AvgIpc) is 3.18. The van der Waals surface area contributed by atoms with Gasteiger partial charge in [0.25, 0.3) is 5.91 Å². The molecule has 0 atom stereocenters. The maximum absolute atomic E-state index is 12.3. The number of benzene rings is 2. The van der Waals surface area contributed by atoms with E-state index in [4.69, 9.17) is 4.98 Å². The van der Waals surface area contributed by atoms with Crippen LogP contribution in [0.25, 0.3) is 11.0 Å². The number of rotatable bonds is 15. The lowest BCUT2D eigenvalue weighted by atomic mass is 10.1. The molecule has 1 heterocycles. The number of aromatic nitrogens is 2. The summed E-state index contributed by atoms with van der Waals surface area (Å²) in [4.78, 5) is 17.3. The highest BCUT2D eigenvalue weighted by atomic mass is 16.1. The third-order valence-corrected chi connectivity index (χ3v) is 6.47. The van der Waals surface area contributed by atoms with Crippen molar-refractivity contribution >= 4 is 16.9 Å². The number of nitrogens with one attached hydrogen (secondary N) is 1. The fourth-order valence-corrected chi connectivity index (χ4v) is 4.50. The predicted octanol–water partition coefficient (Wildman–Crippen LogP) is 7.24. The number of hydrogen-bond donors (Lipinski definition) is 1. The molecular formula is C29H41N3O. The van der Waals surface area contributed by atoms with Gasteiger partial charge in [-0.3, -0.25) is 4.79 Å². The van der Waals surface area contributed by atoms with E-state index in [0.717, 1.165) is 55.4 Å². The molecule has 0 bridgehead atoms. The first-order chi connectivity index (χ1) is 16.2. The summed E-state index contributed by atoms with van der Waals surface area (Å²) in [5.74, 6) is 1.25. The number of para-hydroxylation sites is 2. The van der Waals surface area contributed by atoms with E-state index in [2.05, 4.69) is 41.1 Å². The van der Waals surface area contributed by atoms with Gasteiger partial charge < -0.3 is 9.88 Å². The van der Waals surface area contributed by atoms with Crippen LogP contribution in [0.5, 0.6) is 0 Å². The Labute approximate surface area is 199 Å². The maximum atomic E-state index is 12.3. The Morgan fingerprint density at radius 3 is 2.36 bits per heavy atom. The summed E-state index contributed by atoms with van der Waals surface area (Å²) >= 11 is 0. The SMILES string of the molecule is CCCCCCCCCn1c(CCCCCNC(=O)c2ccccc2C)nc2ccccc21. The van der Waals surface area contributed by atoms with Gasteiger partial charge in [-0.25, -0.2) is 4.98 Å². The van der Waals surface area contributed by atoms with E-state index in [-0.39, 0.29) is 5.91 Å². The van der Waals surface area contributed by atoms with Crippen molar-refractivity contribution in [3.63, 3.8) is 0 Å². The molecule has 1 amide bonds. The molecule has 0 unspecified atom stereocenters. The Hall–Kier alpha value is -2.62. The predicted molar refractivity (Wildman–Crippen MR) is 139 cm³/mol. The molecule has 0 saturated heterocycles. The van der Waals surface area contributed by atoms with Crippen molar-refractivity contribution in [3.8, 4) is 0 Å². The second kappa shape index (κ2) is 13.8. The topological polar surface area (TPSA) is 46.9 Å². The first kappa shape index (κ1) is 25.0. The van der Waals surface area contributed by atoms with E-state index in [0.29, 0.717) is 0 Å². The van der Waals surface area contributed by atoms with Crippen molar-refractivity contribution in [2.45, 2.75) is 91.0 Å². The molecule has 0 spiro atoms. The molecule has 4 nitrogen and oxygen atoms in total. The number of unbranched alkanes of at least 4 members (excludes halogenated alkanes) is 8. The number of imidazole rings is 1. The second-order valence-electron chi connectivity index (χ2n) is 9.17. The fraction of sp³-hybridized carbons (Fsp3) is 0.517. The Morgan fingerprint density at radius 1 is 0.848 bits per heavy atom. The number of carbonyl (C=O) groups is 1. The zero-order valence-electron chi connectivity index (χ0n) is 20.6. The van der Waals surface area contributed by atoms with Crippen molar-refractivity contribution in [3.05, 3.63) is 65.5 Å². The second-order valence-corrected chi connectivity index (χ2v) is 9.17. The minimum atomic E-state index is 0.0320. The number of carbonyl (C=O) groups excluding carboxylic acids is 1. The van der Waals surface area contributed by atoms with Gasteiger partial charge in [0.2, 0.25) is 0 Å². The van der Waals surface area contributed by atoms with Crippen LogP contribution >= 0.6 is 0 Å². The van der Waals surface area contributed by atoms with Gasteiger partial charge in [-0.15, -0.1) is 0 Å². The van der Waals surface area contributed by atoms with Gasteiger partial charge in [0.1, 0.15) is 5.82 Å². The molecule has 0 aliphatic heterocycles. The summed E-state index contributed by atoms with van der Waals surface area (Å²) in [5, 5.41) is 3.06. The third kappa shape index (κ3) is 7.73. The van der Waals surface area contributed by atoms with Gasteiger partial charge in [-0.2, -0.15) is 0 Å². The summed E-state index contributed by atoms with van der Waals surface area (Å²) in [6, 6.07) is 16.3. The summed E-state index contributed by atoms with van der Waals surface area (Å²) in [6.07, 6.45) is 13.5. The molecule has 0 aliphatic rings. The highest BCUT2D eigenvalue weighted by Gasteiger charge is 2.10. The van der Waals surface area contributed by atoms with Crippen LogP contribution in [0.3, 0.4) is 0 Å². The smallest absolute Gasteiger partial charge is 0.251 e. The number of hydrogen-bond acceptors (Lipinski definition) is 2. The molecule has 0 aliphatic carbocycles. The van der Waals surface area contributed by atoms with E-state index < -0.39 is 0 Å². The standard InChI is InChI=1S/C29H41N3O/c1-3-4-5-6-7-8-16-23-32-27-20-14-13-19-26(27)31-28(32)21-10-9-15-22-30-29(33)25-18-12-11-17-24(25)2/h11-14,17-20H,3-10,15-16,21-23H2,1-2H3,(H,30,33). The quantitative estimate of drug-likeness (QED) is 0.250. The van der Waals surface area contributed by atoms with Gasteiger partial charge in [-0.1, -0.05) is 82.2 Å². The van der Waals surface area contributed by atoms with Crippen LogP contribution < -0.4 is 5.32 Å². The third-order valence-electron chi connectivity index (χ3n) is 6.47. The maximum Gasteiger partial charge on any atom is 0.251 e. The van der Waals surface area contributed by atoms with Crippen LogP contribution in [-0.4, -0.2) is 22.0 Å². The van der Waals surface area contributed by atoms with Crippen molar-refractivity contribution in [2.75, 3.05) is 6.54 Å². The molecule has 0 saturated carbocycles. The van der Waals surface area contributed by atoms with Crippen LogP contribution in [0.4, 0.5) is 0 Å². The largest absolute Gasteiger partial charge is 0.352 e. The zero-order valence-corrected chi connectivity index (χ0v) is 20.6. The van der Waals surface area contributed by atoms with Crippen LogP contribution in [0.15, 0.2) is 48.5 Å². The molecule has 4 heteroatoms. The lowest BCUT2D eigenvalue weighted by molar-refractivity contribution is 0.0952. The monoisotopic (exact) mass is 447 g/mol. The van der Waals surface area contributed by atoms with E-state index in [1.54, 1.807) is 0 Å². The Kier molecular flexibility index (Phi) is 10.5. The van der Waals surface area contributed by atoms with E-state index >= 15 is 0 Å². The molecule has 0 fully saturated rings. The molecule has 3 rings (SSSR count). The number of nitrogens with zero attached hydrogens (tertiary/aromatic N) is 2. The zero-order chi connectivity index (χ0) is 23.3. The van der Waals surface area contributed by atoms with Crippen molar-refractivity contribution < 1.29 is 4.79 Å². The van der Waals surface area contributed by atoms with Gasteiger partial charge in [0.15, 0.2) is 0 Å². The minimum absolute atomic E-state index is 0.0320. The molecule has 1 N–H and O–H groups in total. The lowest BCUT2D eigenvalue weighted by Crippen LogP contribution is -2.25. The Morgan fingerprint density at radius 2 is 1.55 bits per heavy atom. The van der Waals surface area contributed by atoms with Gasteiger partial charge in [-0.05, 0) is 49.9 Å². The van der Waals surface area contributed by atoms with E-state index in [1.807, 2.05) is 31.2 Å². The molecular weight excluding hydrogens is 406 g/mol. The first-order valence-electron chi connectivity index (χ1n) is 13.0. The Bertz CT molecular complexity index is 991. The molecule has 178 valence electrons. The summed E-state index contributed by atoms with van der Waals surface area (Å²) in [7, 11) is 0.